The minimum atomic E-state index is 1.23. The van der Waals surface area contributed by atoms with Gasteiger partial charge in [0.2, 0.25) is 0 Å². The molecule has 0 radical (unpaired) electrons. The average molecular weight is 686 g/mol. The van der Waals surface area contributed by atoms with Crippen molar-refractivity contribution in [2.24, 2.45) is 0 Å². The van der Waals surface area contributed by atoms with Crippen LogP contribution in [0, 0.1) is 0 Å². The number of hydrogen-bond acceptors (Lipinski definition) is 0. The van der Waals surface area contributed by atoms with Gasteiger partial charge in [-0.05, 0) is 32.1 Å². The third kappa shape index (κ3) is 30.5. The SMILES string of the molecule is CCCCCCCCCCCCCCCCCn1cc[n+](CCCCCCCCCCCCCCCCC)c1CCCCCCCCCC. The zero-order valence-electron chi connectivity index (χ0n) is 34.5. The maximum Gasteiger partial charge on any atom is 0.256 e. The molecule has 0 N–H and O–H groups in total. The number of aromatic nitrogens is 2. The lowest BCUT2D eigenvalue weighted by Crippen LogP contribution is -2.37. The molecule has 0 saturated heterocycles. The predicted molar refractivity (Wildman–Crippen MR) is 221 cm³/mol. The van der Waals surface area contributed by atoms with Crippen molar-refractivity contribution < 1.29 is 4.57 Å². The zero-order chi connectivity index (χ0) is 35.1. The molecule has 0 spiro atoms. The summed E-state index contributed by atoms with van der Waals surface area (Å²) in [6, 6.07) is 0. The Labute approximate surface area is 310 Å². The highest BCUT2D eigenvalue weighted by Crippen LogP contribution is 2.16. The first-order valence-corrected chi connectivity index (χ1v) is 23.4. The van der Waals surface area contributed by atoms with E-state index in [1.165, 1.54) is 264 Å². The summed E-state index contributed by atoms with van der Waals surface area (Å²) < 4.78 is 5.30. The van der Waals surface area contributed by atoms with Crippen LogP contribution in [-0.4, -0.2) is 4.57 Å². The third-order valence-electron chi connectivity index (χ3n) is 11.3. The second kappa shape index (κ2) is 38.4. The Kier molecular flexibility index (Phi) is 36.3. The van der Waals surface area contributed by atoms with E-state index in [0.717, 1.165) is 0 Å². The van der Waals surface area contributed by atoms with Gasteiger partial charge in [0.05, 0.1) is 13.1 Å². The van der Waals surface area contributed by atoms with E-state index in [1.54, 1.807) is 5.82 Å². The van der Waals surface area contributed by atoms with Crippen molar-refractivity contribution >= 4 is 0 Å². The van der Waals surface area contributed by atoms with Gasteiger partial charge in [-0.3, -0.25) is 0 Å². The normalized spacial score (nSPS) is 11.7. The molecule has 49 heavy (non-hydrogen) atoms. The topological polar surface area (TPSA) is 8.81 Å². The fraction of sp³-hybridized carbons (Fsp3) is 0.936. The summed E-state index contributed by atoms with van der Waals surface area (Å²) in [5, 5.41) is 0. The van der Waals surface area contributed by atoms with Gasteiger partial charge in [-0.2, -0.15) is 0 Å². The highest BCUT2D eigenvalue weighted by molar-refractivity contribution is 4.84. The maximum absolute atomic E-state index is 2.65. The minimum absolute atomic E-state index is 1.23. The van der Waals surface area contributed by atoms with E-state index in [9.17, 15) is 0 Å². The molecular weight excluding hydrogens is 593 g/mol. The number of unbranched alkanes of at least 4 members (excludes halogenated alkanes) is 35. The summed E-state index contributed by atoms with van der Waals surface area (Å²) in [6.07, 6.45) is 60.8. The quantitative estimate of drug-likeness (QED) is 0.0479. The first-order valence-electron chi connectivity index (χ1n) is 23.4. The summed E-state index contributed by atoms with van der Waals surface area (Å²) >= 11 is 0. The van der Waals surface area contributed by atoms with Gasteiger partial charge in [0.25, 0.3) is 5.82 Å². The number of imidazole rings is 1. The second-order valence-electron chi connectivity index (χ2n) is 16.2. The van der Waals surface area contributed by atoms with E-state index in [0.29, 0.717) is 0 Å². The standard InChI is InChI=1S/C47H93N2/c1-4-7-10-13-16-19-21-23-25-27-29-31-34-37-40-43-48-45-46-49(47(48)42-39-36-33-18-15-12-9-6-3)44-41-38-35-32-30-28-26-24-22-20-17-14-11-8-5-2/h45-46H,4-44H2,1-3H3/q+1. The lowest BCUT2D eigenvalue weighted by atomic mass is 10.0. The van der Waals surface area contributed by atoms with Crippen LogP contribution in [-0.2, 0) is 19.5 Å². The molecule has 0 aliphatic carbocycles. The molecule has 0 aliphatic heterocycles. The molecule has 0 unspecified atom stereocenters. The Hall–Kier alpha value is -0.790. The van der Waals surface area contributed by atoms with Crippen molar-refractivity contribution in [1.82, 2.24) is 4.57 Å². The molecule has 0 bridgehead atoms. The molecule has 1 heterocycles. The van der Waals surface area contributed by atoms with Crippen LogP contribution in [0.1, 0.15) is 271 Å². The highest BCUT2D eigenvalue weighted by Gasteiger charge is 2.16. The number of rotatable bonds is 41. The van der Waals surface area contributed by atoms with Gasteiger partial charge in [-0.1, -0.05) is 233 Å². The summed E-state index contributed by atoms with van der Waals surface area (Å²) in [4.78, 5) is 0. The maximum atomic E-state index is 2.65. The van der Waals surface area contributed by atoms with Crippen LogP contribution in [0.2, 0.25) is 0 Å². The number of aryl methyl sites for hydroxylation is 2. The van der Waals surface area contributed by atoms with Crippen molar-refractivity contribution in [1.29, 1.82) is 0 Å². The van der Waals surface area contributed by atoms with Crippen molar-refractivity contribution in [3.63, 3.8) is 0 Å². The van der Waals surface area contributed by atoms with E-state index >= 15 is 0 Å². The molecule has 1 aromatic heterocycles. The molecule has 0 aromatic carbocycles. The predicted octanol–water partition coefficient (Wildman–Crippen LogP) is 16.2. The zero-order valence-corrected chi connectivity index (χ0v) is 34.5. The van der Waals surface area contributed by atoms with Crippen LogP contribution >= 0.6 is 0 Å². The van der Waals surface area contributed by atoms with Gasteiger partial charge in [-0.25, -0.2) is 9.13 Å². The van der Waals surface area contributed by atoms with Gasteiger partial charge in [0, 0.05) is 6.42 Å². The largest absolute Gasteiger partial charge is 0.256 e. The lowest BCUT2D eigenvalue weighted by molar-refractivity contribution is -0.704. The molecule has 2 nitrogen and oxygen atoms in total. The van der Waals surface area contributed by atoms with E-state index in [4.69, 9.17) is 0 Å². The van der Waals surface area contributed by atoms with Crippen molar-refractivity contribution in [3.05, 3.63) is 18.2 Å². The third-order valence-corrected chi connectivity index (χ3v) is 11.3. The fourth-order valence-corrected chi connectivity index (χ4v) is 7.92. The van der Waals surface area contributed by atoms with E-state index in [1.807, 2.05) is 0 Å². The summed E-state index contributed by atoms with van der Waals surface area (Å²) in [7, 11) is 0. The van der Waals surface area contributed by atoms with Crippen LogP contribution in [0.3, 0.4) is 0 Å². The second-order valence-corrected chi connectivity index (χ2v) is 16.2. The van der Waals surface area contributed by atoms with Crippen LogP contribution in [0.25, 0.3) is 0 Å². The van der Waals surface area contributed by atoms with Crippen LogP contribution in [0.5, 0.6) is 0 Å². The first-order chi connectivity index (χ1) is 24.3. The highest BCUT2D eigenvalue weighted by atomic mass is 15.1. The van der Waals surface area contributed by atoms with Crippen LogP contribution in [0.15, 0.2) is 12.4 Å². The van der Waals surface area contributed by atoms with E-state index in [2.05, 4.69) is 42.3 Å². The molecule has 0 aliphatic rings. The van der Waals surface area contributed by atoms with Crippen molar-refractivity contribution in [2.45, 2.75) is 284 Å². The van der Waals surface area contributed by atoms with Gasteiger partial charge < -0.3 is 0 Å². The number of hydrogen-bond donors (Lipinski definition) is 0. The summed E-state index contributed by atoms with van der Waals surface area (Å²) in [6.45, 7) is 9.41. The summed E-state index contributed by atoms with van der Waals surface area (Å²) in [5.74, 6) is 1.63. The van der Waals surface area contributed by atoms with Gasteiger partial charge >= 0.3 is 0 Å². The van der Waals surface area contributed by atoms with Crippen molar-refractivity contribution in [3.8, 4) is 0 Å². The Bertz CT molecular complexity index is 700. The van der Waals surface area contributed by atoms with Gasteiger partial charge in [-0.15, -0.1) is 0 Å². The minimum Gasteiger partial charge on any atom is -0.234 e. The first kappa shape index (κ1) is 46.2. The van der Waals surface area contributed by atoms with Gasteiger partial charge in [0.15, 0.2) is 0 Å². The summed E-state index contributed by atoms with van der Waals surface area (Å²) in [5.41, 5.74) is 0. The fourth-order valence-electron chi connectivity index (χ4n) is 7.92. The van der Waals surface area contributed by atoms with E-state index in [-0.39, 0.29) is 0 Å². The Morgan fingerprint density at radius 3 is 0.980 bits per heavy atom. The van der Waals surface area contributed by atoms with E-state index < -0.39 is 0 Å². The molecule has 1 aromatic rings. The molecular formula is C47H93N2+. The lowest BCUT2D eigenvalue weighted by Gasteiger charge is -2.07. The molecule has 0 amide bonds. The molecule has 290 valence electrons. The molecule has 0 atom stereocenters. The monoisotopic (exact) mass is 686 g/mol. The Balaban J connectivity index is 2.21. The average Bonchev–Trinajstić information content (AvgIpc) is 3.50. The smallest absolute Gasteiger partial charge is 0.234 e. The van der Waals surface area contributed by atoms with Crippen LogP contribution < -0.4 is 4.57 Å². The van der Waals surface area contributed by atoms with Gasteiger partial charge in [0.1, 0.15) is 12.4 Å². The molecule has 0 fully saturated rings. The molecule has 2 heteroatoms. The Morgan fingerprint density at radius 1 is 0.347 bits per heavy atom. The molecule has 0 saturated carbocycles. The molecule has 1 rings (SSSR count). The van der Waals surface area contributed by atoms with Crippen molar-refractivity contribution in [2.75, 3.05) is 0 Å². The number of nitrogens with zero attached hydrogens (tertiary/aromatic N) is 2. The Morgan fingerprint density at radius 2 is 0.633 bits per heavy atom. The van der Waals surface area contributed by atoms with Crippen LogP contribution in [0.4, 0.5) is 0 Å².